The van der Waals surface area contributed by atoms with Crippen LogP contribution in [0, 0.1) is 17.5 Å². The Morgan fingerprint density at radius 2 is 1.66 bits per heavy atom. The van der Waals surface area contributed by atoms with Gasteiger partial charge < -0.3 is 9.64 Å². The SMILES string of the molecule is O=C(COc1ccccc1Cl)N1CCN(S(=O)(=O)c2ccc(F)c(F)c2F)CC1. The Labute approximate surface area is 170 Å². The molecular weight excluding hydrogens is 433 g/mol. The fraction of sp³-hybridized carbons (Fsp3) is 0.278. The first-order valence-electron chi connectivity index (χ1n) is 8.50. The number of hydrogen-bond acceptors (Lipinski definition) is 4. The number of halogens is 4. The van der Waals surface area contributed by atoms with Crippen LogP contribution in [-0.4, -0.2) is 56.3 Å². The smallest absolute Gasteiger partial charge is 0.260 e. The van der Waals surface area contributed by atoms with Crippen LogP contribution in [0.3, 0.4) is 0 Å². The Hall–Kier alpha value is -2.30. The molecule has 0 unspecified atom stereocenters. The van der Waals surface area contributed by atoms with Crippen LogP contribution in [0.2, 0.25) is 5.02 Å². The van der Waals surface area contributed by atoms with E-state index in [0.29, 0.717) is 22.9 Å². The second-order valence-electron chi connectivity index (χ2n) is 6.18. The number of hydrogen-bond donors (Lipinski definition) is 0. The molecule has 1 heterocycles. The second kappa shape index (κ2) is 8.60. The van der Waals surface area contributed by atoms with Gasteiger partial charge in [-0.15, -0.1) is 0 Å². The minimum atomic E-state index is -4.38. The Kier molecular flexibility index (Phi) is 6.35. The van der Waals surface area contributed by atoms with Crippen molar-refractivity contribution < 1.29 is 31.1 Å². The lowest BCUT2D eigenvalue weighted by Gasteiger charge is -2.34. The van der Waals surface area contributed by atoms with Crippen molar-refractivity contribution in [3.05, 3.63) is 58.9 Å². The average Bonchev–Trinajstić information content (AvgIpc) is 2.71. The van der Waals surface area contributed by atoms with Gasteiger partial charge >= 0.3 is 0 Å². The number of carbonyl (C=O) groups is 1. The maximum absolute atomic E-state index is 13.9. The zero-order valence-electron chi connectivity index (χ0n) is 14.9. The molecule has 0 atom stereocenters. The molecule has 156 valence electrons. The minimum absolute atomic E-state index is 0.0369. The van der Waals surface area contributed by atoms with Crippen LogP contribution in [0.5, 0.6) is 5.75 Å². The molecule has 0 radical (unpaired) electrons. The maximum atomic E-state index is 13.9. The van der Waals surface area contributed by atoms with Gasteiger partial charge in [0.15, 0.2) is 24.1 Å². The molecule has 0 N–H and O–H groups in total. The summed E-state index contributed by atoms with van der Waals surface area (Å²) in [5, 5.41) is 0.352. The van der Waals surface area contributed by atoms with E-state index in [1.165, 1.54) is 4.90 Å². The van der Waals surface area contributed by atoms with Gasteiger partial charge in [-0.3, -0.25) is 4.79 Å². The second-order valence-corrected chi connectivity index (χ2v) is 8.49. The van der Waals surface area contributed by atoms with Crippen molar-refractivity contribution in [2.24, 2.45) is 0 Å². The number of amides is 1. The standard InChI is InChI=1S/C18H16ClF3N2O4S/c19-12-3-1-2-4-14(12)28-11-16(25)23-7-9-24(10-8-23)29(26,27)15-6-5-13(20)17(21)18(15)22/h1-6H,7-11H2. The molecular formula is C18H16ClF3N2O4S. The summed E-state index contributed by atoms with van der Waals surface area (Å²) >= 11 is 5.95. The van der Waals surface area contributed by atoms with Crippen molar-refractivity contribution in [1.29, 1.82) is 0 Å². The van der Waals surface area contributed by atoms with E-state index in [1.807, 2.05) is 0 Å². The quantitative estimate of drug-likeness (QED) is 0.660. The van der Waals surface area contributed by atoms with E-state index in [-0.39, 0.29) is 38.7 Å². The molecule has 6 nitrogen and oxygen atoms in total. The molecule has 3 rings (SSSR count). The lowest BCUT2D eigenvalue weighted by Crippen LogP contribution is -2.51. The zero-order chi connectivity index (χ0) is 21.2. The zero-order valence-corrected chi connectivity index (χ0v) is 16.5. The number of para-hydroxylation sites is 1. The molecule has 0 aliphatic carbocycles. The normalized spacial score (nSPS) is 15.4. The molecule has 29 heavy (non-hydrogen) atoms. The Morgan fingerprint density at radius 3 is 2.31 bits per heavy atom. The number of ether oxygens (including phenoxy) is 1. The first-order chi connectivity index (χ1) is 13.7. The molecule has 0 spiro atoms. The van der Waals surface area contributed by atoms with E-state index in [4.69, 9.17) is 16.3 Å². The predicted octanol–water partition coefficient (Wildman–Crippen LogP) is 2.67. The summed E-state index contributed by atoms with van der Waals surface area (Å²) in [6.45, 7) is -0.462. The summed E-state index contributed by atoms with van der Waals surface area (Å²) in [6, 6.07) is 7.87. The van der Waals surface area contributed by atoms with Crippen LogP contribution in [0.15, 0.2) is 41.3 Å². The molecule has 1 aliphatic rings. The summed E-state index contributed by atoms with van der Waals surface area (Å²) in [5.74, 6) is -5.12. The van der Waals surface area contributed by atoms with E-state index in [2.05, 4.69) is 0 Å². The first-order valence-corrected chi connectivity index (χ1v) is 10.3. The fourth-order valence-corrected chi connectivity index (χ4v) is 4.49. The lowest BCUT2D eigenvalue weighted by atomic mass is 10.3. The van der Waals surface area contributed by atoms with Crippen LogP contribution >= 0.6 is 11.6 Å². The van der Waals surface area contributed by atoms with Gasteiger partial charge in [0.2, 0.25) is 10.0 Å². The molecule has 2 aromatic carbocycles. The van der Waals surface area contributed by atoms with Gasteiger partial charge in [-0.1, -0.05) is 23.7 Å². The van der Waals surface area contributed by atoms with E-state index in [9.17, 15) is 26.4 Å². The Morgan fingerprint density at radius 1 is 1.00 bits per heavy atom. The average molecular weight is 449 g/mol. The van der Waals surface area contributed by atoms with Gasteiger partial charge in [0, 0.05) is 26.2 Å². The van der Waals surface area contributed by atoms with Crippen molar-refractivity contribution in [2.45, 2.75) is 4.90 Å². The third-order valence-corrected chi connectivity index (χ3v) is 6.63. The third-order valence-electron chi connectivity index (χ3n) is 4.40. The Bertz CT molecular complexity index is 1030. The highest BCUT2D eigenvalue weighted by atomic mass is 35.5. The van der Waals surface area contributed by atoms with Crippen molar-refractivity contribution in [3.63, 3.8) is 0 Å². The van der Waals surface area contributed by atoms with Crippen LogP contribution < -0.4 is 4.74 Å². The molecule has 0 aromatic heterocycles. The van der Waals surface area contributed by atoms with Crippen molar-refractivity contribution >= 4 is 27.5 Å². The van der Waals surface area contributed by atoms with E-state index < -0.39 is 32.4 Å². The van der Waals surface area contributed by atoms with E-state index in [1.54, 1.807) is 24.3 Å². The predicted molar refractivity (Wildman–Crippen MR) is 98.6 cm³/mol. The van der Waals surface area contributed by atoms with Gasteiger partial charge in [0.1, 0.15) is 10.6 Å². The van der Waals surface area contributed by atoms with E-state index in [0.717, 1.165) is 4.31 Å². The molecule has 1 saturated heterocycles. The maximum Gasteiger partial charge on any atom is 0.260 e. The highest BCUT2D eigenvalue weighted by Crippen LogP contribution is 2.25. The summed E-state index contributed by atoms with van der Waals surface area (Å²) < 4.78 is 71.8. The number of nitrogens with zero attached hydrogens (tertiary/aromatic N) is 2. The van der Waals surface area contributed by atoms with Crippen LogP contribution in [-0.2, 0) is 14.8 Å². The van der Waals surface area contributed by atoms with E-state index >= 15 is 0 Å². The molecule has 0 bridgehead atoms. The number of rotatable bonds is 5. The summed E-state index contributed by atoms with van der Waals surface area (Å²) in [7, 11) is -4.38. The fourth-order valence-electron chi connectivity index (χ4n) is 2.82. The first kappa shape index (κ1) is 21.4. The van der Waals surface area contributed by atoms with Gasteiger partial charge in [-0.05, 0) is 24.3 Å². The molecule has 1 aliphatic heterocycles. The van der Waals surface area contributed by atoms with Gasteiger partial charge in [-0.2, -0.15) is 4.31 Å². The summed E-state index contributed by atoms with van der Waals surface area (Å²) in [4.78, 5) is 12.7. The lowest BCUT2D eigenvalue weighted by molar-refractivity contribution is -0.134. The molecule has 2 aromatic rings. The molecule has 0 saturated carbocycles. The summed E-state index contributed by atoms with van der Waals surface area (Å²) in [6.07, 6.45) is 0. The van der Waals surface area contributed by atoms with Crippen LogP contribution in [0.25, 0.3) is 0 Å². The highest BCUT2D eigenvalue weighted by Gasteiger charge is 2.33. The van der Waals surface area contributed by atoms with Crippen LogP contribution in [0.1, 0.15) is 0 Å². The topological polar surface area (TPSA) is 66.9 Å². The molecule has 1 amide bonds. The third kappa shape index (κ3) is 4.49. The van der Waals surface area contributed by atoms with Gasteiger partial charge in [-0.25, -0.2) is 21.6 Å². The Balaban J connectivity index is 1.62. The van der Waals surface area contributed by atoms with Crippen molar-refractivity contribution in [2.75, 3.05) is 32.8 Å². The number of carbonyl (C=O) groups excluding carboxylic acids is 1. The number of benzene rings is 2. The van der Waals surface area contributed by atoms with Crippen LogP contribution in [0.4, 0.5) is 13.2 Å². The molecule has 1 fully saturated rings. The number of piperazine rings is 1. The highest BCUT2D eigenvalue weighted by molar-refractivity contribution is 7.89. The summed E-state index contributed by atoms with van der Waals surface area (Å²) in [5.41, 5.74) is 0. The van der Waals surface area contributed by atoms with Crippen molar-refractivity contribution in [1.82, 2.24) is 9.21 Å². The largest absolute Gasteiger partial charge is 0.482 e. The monoisotopic (exact) mass is 448 g/mol. The molecule has 11 heteroatoms. The van der Waals surface area contributed by atoms with Crippen molar-refractivity contribution in [3.8, 4) is 5.75 Å². The number of sulfonamides is 1. The van der Waals surface area contributed by atoms with Gasteiger partial charge in [0.25, 0.3) is 5.91 Å². The minimum Gasteiger partial charge on any atom is -0.482 e. The van der Waals surface area contributed by atoms with Gasteiger partial charge in [0.05, 0.1) is 5.02 Å².